The van der Waals surface area contributed by atoms with E-state index in [9.17, 15) is 14.0 Å². The molecule has 3 heterocycles. The lowest BCUT2D eigenvalue weighted by atomic mass is 10.1. The van der Waals surface area contributed by atoms with Crippen molar-refractivity contribution in [1.29, 1.82) is 0 Å². The average Bonchev–Trinajstić information content (AvgIpc) is 2.89. The first-order valence-electron chi connectivity index (χ1n) is 9.09. The molecule has 1 unspecified atom stereocenters. The van der Waals surface area contributed by atoms with Gasteiger partial charge in [0, 0.05) is 30.6 Å². The first-order valence-corrected chi connectivity index (χ1v) is 9.09. The Hall–Kier alpha value is -2.97. The number of nitrogens with one attached hydrogen (secondary N) is 1. The van der Waals surface area contributed by atoms with Gasteiger partial charge in [-0.15, -0.1) is 0 Å². The van der Waals surface area contributed by atoms with Crippen LogP contribution in [-0.2, 0) is 11.3 Å². The molecule has 3 rings (SSSR count). The summed E-state index contributed by atoms with van der Waals surface area (Å²) >= 11 is 0. The highest BCUT2D eigenvalue weighted by atomic mass is 19.1. The first-order chi connectivity index (χ1) is 13.4. The van der Waals surface area contributed by atoms with Crippen molar-refractivity contribution in [2.45, 2.75) is 45.7 Å². The van der Waals surface area contributed by atoms with E-state index in [1.165, 1.54) is 13.2 Å². The minimum atomic E-state index is -0.719. The molecule has 0 radical (unpaired) electrons. The third kappa shape index (κ3) is 4.29. The predicted molar refractivity (Wildman–Crippen MR) is 97.2 cm³/mol. The number of likely N-dealkylation sites (tertiary alicyclic amines) is 1. The van der Waals surface area contributed by atoms with Crippen LogP contribution >= 0.6 is 0 Å². The van der Waals surface area contributed by atoms with Crippen molar-refractivity contribution >= 4 is 11.8 Å². The first kappa shape index (κ1) is 19.8. The maximum absolute atomic E-state index is 13.9. The fourth-order valence-corrected chi connectivity index (χ4v) is 3.23. The molecule has 2 aromatic rings. The molecule has 0 spiro atoms. The van der Waals surface area contributed by atoms with E-state index >= 15 is 0 Å². The maximum atomic E-state index is 13.9. The number of nitrogens with zero attached hydrogens (tertiary/aromatic N) is 3. The summed E-state index contributed by atoms with van der Waals surface area (Å²) in [5.41, 5.74) is 1.54. The summed E-state index contributed by atoms with van der Waals surface area (Å²) in [5, 5.41) is 6.74. The van der Waals surface area contributed by atoms with Crippen LogP contribution in [0, 0.1) is 19.7 Å². The zero-order valence-electron chi connectivity index (χ0n) is 16.1. The second-order valence-electron chi connectivity index (χ2n) is 6.82. The molecule has 1 aliphatic rings. The molecule has 2 aromatic heterocycles. The lowest BCUT2D eigenvalue weighted by Gasteiger charge is -2.21. The minimum Gasteiger partial charge on any atom is -0.481 e. The molecule has 28 heavy (non-hydrogen) atoms. The smallest absolute Gasteiger partial charge is 0.254 e. The summed E-state index contributed by atoms with van der Waals surface area (Å²) in [6.07, 6.45) is 2.32. The van der Waals surface area contributed by atoms with Gasteiger partial charge in [-0.05, 0) is 26.7 Å². The van der Waals surface area contributed by atoms with Crippen LogP contribution in [0.4, 0.5) is 4.39 Å². The number of amides is 2. The van der Waals surface area contributed by atoms with Gasteiger partial charge in [0.25, 0.3) is 5.91 Å². The molecule has 150 valence electrons. The third-order valence-electron chi connectivity index (χ3n) is 4.96. The lowest BCUT2D eigenvalue weighted by Crippen LogP contribution is -2.36. The van der Waals surface area contributed by atoms with E-state index in [-0.39, 0.29) is 23.4 Å². The van der Waals surface area contributed by atoms with Gasteiger partial charge in [-0.3, -0.25) is 9.59 Å². The van der Waals surface area contributed by atoms with Crippen LogP contribution in [0.1, 0.15) is 46.6 Å². The van der Waals surface area contributed by atoms with Gasteiger partial charge in [0.05, 0.1) is 31.1 Å². The number of aryl methyl sites for hydroxylation is 2. The molecule has 1 N–H and O–H groups in total. The fraction of sp³-hybridized carbons (Fsp3) is 0.474. The summed E-state index contributed by atoms with van der Waals surface area (Å²) in [5.74, 6) is -0.402. The van der Waals surface area contributed by atoms with Crippen LogP contribution in [0.3, 0.4) is 0 Å². The second kappa shape index (κ2) is 8.37. The molecule has 1 aliphatic heterocycles. The van der Waals surface area contributed by atoms with Gasteiger partial charge in [0.15, 0.2) is 5.82 Å². The number of halogens is 1. The van der Waals surface area contributed by atoms with E-state index in [1.807, 2.05) is 13.8 Å². The Bertz CT molecular complexity index is 863. The molecule has 0 aliphatic carbocycles. The van der Waals surface area contributed by atoms with Crippen molar-refractivity contribution in [3.8, 4) is 5.88 Å². The molecular formula is C19H23FN4O4. The topological polar surface area (TPSA) is 97.6 Å². The molecule has 9 heteroatoms. The van der Waals surface area contributed by atoms with Crippen molar-refractivity contribution < 1.29 is 23.2 Å². The zero-order valence-corrected chi connectivity index (χ0v) is 16.1. The normalized spacial score (nSPS) is 17.4. The fourth-order valence-electron chi connectivity index (χ4n) is 3.23. The van der Waals surface area contributed by atoms with Gasteiger partial charge in [-0.1, -0.05) is 5.16 Å². The van der Waals surface area contributed by atoms with Crippen LogP contribution in [0.5, 0.6) is 5.88 Å². The van der Waals surface area contributed by atoms with Crippen LogP contribution < -0.4 is 10.1 Å². The Morgan fingerprint density at radius 3 is 2.89 bits per heavy atom. The number of ether oxygens (including phenoxy) is 1. The van der Waals surface area contributed by atoms with E-state index in [0.29, 0.717) is 38.1 Å². The van der Waals surface area contributed by atoms with Crippen molar-refractivity contribution in [3.05, 3.63) is 40.7 Å². The monoisotopic (exact) mass is 390 g/mol. The van der Waals surface area contributed by atoms with Gasteiger partial charge in [0.2, 0.25) is 11.8 Å². The Morgan fingerprint density at radius 1 is 1.43 bits per heavy atom. The highest BCUT2D eigenvalue weighted by molar-refractivity contribution is 5.95. The van der Waals surface area contributed by atoms with Gasteiger partial charge < -0.3 is 19.5 Å². The average molecular weight is 390 g/mol. The van der Waals surface area contributed by atoms with Crippen molar-refractivity contribution in [3.63, 3.8) is 0 Å². The number of carbonyl (C=O) groups is 2. The summed E-state index contributed by atoms with van der Waals surface area (Å²) < 4.78 is 24.1. The van der Waals surface area contributed by atoms with Gasteiger partial charge in [-0.25, -0.2) is 9.37 Å². The summed E-state index contributed by atoms with van der Waals surface area (Å²) in [4.78, 5) is 30.4. The molecular weight excluding hydrogens is 367 g/mol. The molecule has 2 amide bonds. The van der Waals surface area contributed by atoms with Crippen molar-refractivity contribution in [2.24, 2.45) is 0 Å². The molecule has 1 fully saturated rings. The summed E-state index contributed by atoms with van der Waals surface area (Å²) in [6.45, 7) is 4.57. The number of carbonyl (C=O) groups excluding carboxylic acids is 2. The van der Waals surface area contributed by atoms with E-state index in [1.54, 1.807) is 4.90 Å². The molecule has 1 atom stereocenters. The Kier molecular flexibility index (Phi) is 5.91. The van der Waals surface area contributed by atoms with Crippen molar-refractivity contribution in [1.82, 2.24) is 20.4 Å². The van der Waals surface area contributed by atoms with Crippen molar-refractivity contribution in [2.75, 3.05) is 13.7 Å². The number of pyridine rings is 1. The van der Waals surface area contributed by atoms with E-state index < -0.39 is 11.7 Å². The number of rotatable bonds is 5. The molecule has 1 saturated heterocycles. The second-order valence-corrected chi connectivity index (χ2v) is 6.82. The SMILES string of the molecule is COc1cc(C(=O)NC2CCC(=O)N(Cc3c(C)noc3C)CC2)c(F)cn1. The minimum absolute atomic E-state index is 0.00788. The van der Waals surface area contributed by atoms with Gasteiger partial charge in [0.1, 0.15) is 5.76 Å². The van der Waals surface area contributed by atoms with Gasteiger partial charge in [-0.2, -0.15) is 0 Å². The Morgan fingerprint density at radius 2 is 2.21 bits per heavy atom. The maximum Gasteiger partial charge on any atom is 0.254 e. The third-order valence-corrected chi connectivity index (χ3v) is 4.96. The number of aromatic nitrogens is 2. The number of methoxy groups -OCH3 is 1. The number of hydrogen-bond donors (Lipinski definition) is 1. The quantitative estimate of drug-likeness (QED) is 0.840. The highest BCUT2D eigenvalue weighted by Crippen LogP contribution is 2.20. The van der Waals surface area contributed by atoms with Gasteiger partial charge >= 0.3 is 0 Å². The summed E-state index contributed by atoms with van der Waals surface area (Å²) in [7, 11) is 1.40. The zero-order chi connectivity index (χ0) is 20.3. The van der Waals surface area contributed by atoms with E-state index in [4.69, 9.17) is 9.26 Å². The van der Waals surface area contributed by atoms with Crippen LogP contribution in [0.2, 0.25) is 0 Å². The largest absolute Gasteiger partial charge is 0.481 e. The lowest BCUT2D eigenvalue weighted by molar-refractivity contribution is -0.131. The Balaban J connectivity index is 1.65. The molecule has 8 nitrogen and oxygen atoms in total. The van der Waals surface area contributed by atoms with Crippen LogP contribution in [0.15, 0.2) is 16.8 Å². The number of hydrogen-bond acceptors (Lipinski definition) is 6. The van der Waals surface area contributed by atoms with E-state index in [0.717, 1.165) is 17.5 Å². The van der Waals surface area contributed by atoms with Crippen LogP contribution in [-0.4, -0.2) is 46.6 Å². The standard InChI is InChI=1S/C19H23FN4O4/c1-11-15(12(2)28-23-11)10-24-7-6-13(4-5-18(24)25)22-19(26)14-8-17(27-3)21-9-16(14)20/h8-9,13H,4-7,10H2,1-3H3,(H,22,26). The summed E-state index contributed by atoms with van der Waals surface area (Å²) in [6, 6.07) is 1.03. The van der Waals surface area contributed by atoms with Crippen LogP contribution in [0.25, 0.3) is 0 Å². The van der Waals surface area contributed by atoms with E-state index in [2.05, 4.69) is 15.5 Å². The predicted octanol–water partition coefficient (Wildman–Crippen LogP) is 2.15. The molecule has 0 aromatic carbocycles. The Labute approximate surface area is 162 Å². The molecule has 0 bridgehead atoms. The highest BCUT2D eigenvalue weighted by Gasteiger charge is 2.26. The molecule has 0 saturated carbocycles.